The predicted octanol–water partition coefficient (Wildman–Crippen LogP) is -0.0164. The molecule has 0 spiro atoms. The third-order valence-electron chi connectivity index (χ3n) is 0.581. The van der Waals surface area contributed by atoms with Gasteiger partial charge in [0.2, 0.25) is 0 Å². The van der Waals surface area contributed by atoms with E-state index in [1.165, 1.54) is 12.2 Å². The lowest BCUT2D eigenvalue weighted by molar-refractivity contribution is -0.170. The molecule has 3 nitrogen and oxygen atoms in total. The SMILES string of the molecule is CC=CC(O)[P+](=O)[O-]. The predicted molar refractivity (Wildman–Crippen MR) is 28.4 cm³/mol. The summed E-state index contributed by atoms with van der Waals surface area (Å²) in [6.45, 7) is 1.64. The van der Waals surface area contributed by atoms with E-state index >= 15 is 0 Å². The van der Waals surface area contributed by atoms with Crippen LogP contribution in [0.15, 0.2) is 12.2 Å². The minimum absolute atomic E-state index is 1.20. The Balaban J connectivity index is 3.64. The number of aliphatic hydroxyl groups excluding tert-OH is 1. The number of allylic oxidation sites excluding steroid dienone is 1. The average molecular weight is 134 g/mol. The summed E-state index contributed by atoms with van der Waals surface area (Å²) in [4.78, 5) is 9.82. The zero-order valence-electron chi connectivity index (χ0n) is 4.44. The van der Waals surface area contributed by atoms with Crippen molar-refractivity contribution in [3.8, 4) is 0 Å². The molecule has 0 rings (SSSR count). The molecule has 2 unspecified atom stereocenters. The standard InChI is InChI=1S/C4H7O3P/c1-2-3-4(5)8(6)7/h2-5H,1H3. The number of rotatable bonds is 2. The Bertz CT molecular complexity index is 110. The maximum Gasteiger partial charge on any atom is 0.345 e. The second kappa shape index (κ2) is 3.72. The minimum Gasteiger partial charge on any atom is -0.593 e. The fourth-order valence-corrected chi connectivity index (χ4v) is 0.555. The second-order valence-electron chi connectivity index (χ2n) is 1.22. The molecule has 46 valence electrons. The van der Waals surface area contributed by atoms with Gasteiger partial charge in [0.1, 0.15) is 0 Å². The first-order valence-electron chi connectivity index (χ1n) is 2.13. The van der Waals surface area contributed by atoms with Crippen molar-refractivity contribution in [3.63, 3.8) is 0 Å². The van der Waals surface area contributed by atoms with Crippen molar-refractivity contribution in [2.24, 2.45) is 0 Å². The fourth-order valence-electron chi connectivity index (χ4n) is 0.242. The molecule has 0 aliphatic heterocycles. The van der Waals surface area contributed by atoms with Crippen molar-refractivity contribution in [3.05, 3.63) is 12.2 Å². The highest BCUT2D eigenvalue weighted by Gasteiger charge is 2.10. The zero-order chi connectivity index (χ0) is 6.57. The minimum atomic E-state index is -2.70. The van der Waals surface area contributed by atoms with Gasteiger partial charge in [-0.25, -0.2) is 0 Å². The van der Waals surface area contributed by atoms with Gasteiger partial charge in [0.05, 0.1) is 0 Å². The molecule has 2 atom stereocenters. The highest BCUT2D eigenvalue weighted by atomic mass is 31.1. The van der Waals surface area contributed by atoms with Crippen molar-refractivity contribution in [1.82, 2.24) is 0 Å². The summed E-state index contributed by atoms with van der Waals surface area (Å²) >= 11 is 0. The third-order valence-corrected chi connectivity index (χ3v) is 1.18. The molecule has 0 radical (unpaired) electrons. The lowest BCUT2D eigenvalue weighted by Crippen LogP contribution is -2.02. The molecule has 0 heterocycles. The van der Waals surface area contributed by atoms with Crippen molar-refractivity contribution in [2.75, 3.05) is 0 Å². The maximum absolute atomic E-state index is 9.82. The van der Waals surface area contributed by atoms with Crippen LogP contribution >= 0.6 is 8.03 Å². The molecule has 0 fully saturated rings. The van der Waals surface area contributed by atoms with Gasteiger partial charge in [0.15, 0.2) is 0 Å². The molecule has 0 saturated carbocycles. The van der Waals surface area contributed by atoms with E-state index in [4.69, 9.17) is 5.11 Å². The Morgan fingerprint density at radius 3 is 2.50 bits per heavy atom. The van der Waals surface area contributed by atoms with E-state index < -0.39 is 13.9 Å². The quantitative estimate of drug-likeness (QED) is 0.426. The first-order valence-corrected chi connectivity index (χ1v) is 3.37. The highest BCUT2D eigenvalue weighted by Crippen LogP contribution is 2.14. The van der Waals surface area contributed by atoms with Crippen molar-refractivity contribution in [1.29, 1.82) is 0 Å². The molecule has 0 saturated heterocycles. The summed E-state index contributed by atoms with van der Waals surface area (Å²) in [7, 11) is -2.70. The lowest BCUT2D eigenvalue weighted by Gasteiger charge is -1.89. The molecule has 0 aliphatic rings. The highest BCUT2D eigenvalue weighted by molar-refractivity contribution is 7.37. The van der Waals surface area contributed by atoms with Gasteiger partial charge < -0.3 is 10.00 Å². The van der Waals surface area contributed by atoms with E-state index in [-0.39, 0.29) is 0 Å². The van der Waals surface area contributed by atoms with Gasteiger partial charge >= 0.3 is 8.03 Å². The van der Waals surface area contributed by atoms with E-state index in [1.807, 2.05) is 0 Å². The largest absolute Gasteiger partial charge is 0.593 e. The summed E-state index contributed by atoms with van der Waals surface area (Å²) < 4.78 is 9.82. The van der Waals surface area contributed by atoms with Crippen LogP contribution in [0.1, 0.15) is 6.92 Å². The van der Waals surface area contributed by atoms with E-state index in [0.717, 1.165) is 0 Å². The third kappa shape index (κ3) is 2.86. The molecule has 8 heavy (non-hydrogen) atoms. The van der Waals surface area contributed by atoms with Gasteiger partial charge in [-0.2, -0.15) is 0 Å². The Labute approximate surface area is 48.5 Å². The van der Waals surface area contributed by atoms with Crippen molar-refractivity contribution in [2.45, 2.75) is 12.8 Å². The van der Waals surface area contributed by atoms with E-state index in [2.05, 4.69) is 0 Å². The topological polar surface area (TPSA) is 60.4 Å². The van der Waals surface area contributed by atoms with Gasteiger partial charge in [0, 0.05) is 0 Å². The van der Waals surface area contributed by atoms with Gasteiger partial charge in [0.25, 0.3) is 5.85 Å². The average Bonchev–Trinajstić information content (AvgIpc) is 1.67. The van der Waals surface area contributed by atoms with Crippen LogP contribution in [0.3, 0.4) is 0 Å². The fraction of sp³-hybridized carbons (Fsp3) is 0.500. The summed E-state index contributed by atoms with van der Waals surface area (Å²) in [5, 5.41) is 8.44. The van der Waals surface area contributed by atoms with Gasteiger partial charge in [-0.3, -0.25) is 0 Å². The van der Waals surface area contributed by atoms with E-state index in [1.54, 1.807) is 6.92 Å². The van der Waals surface area contributed by atoms with Crippen LogP contribution in [0, 0.1) is 0 Å². The number of aliphatic hydroxyl groups is 1. The first-order chi connectivity index (χ1) is 3.68. The molecular weight excluding hydrogens is 127 g/mol. The van der Waals surface area contributed by atoms with Crippen LogP contribution in [-0.4, -0.2) is 11.0 Å². The maximum atomic E-state index is 9.82. The molecule has 1 N–H and O–H groups in total. The number of hydrogen-bond acceptors (Lipinski definition) is 3. The Kier molecular flexibility index (Phi) is 3.61. The summed E-state index contributed by atoms with van der Waals surface area (Å²) in [6.07, 6.45) is 2.68. The van der Waals surface area contributed by atoms with Crippen molar-refractivity contribution < 1.29 is 14.6 Å². The molecular formula is C4H7O3P. The molecule has 0 bridgehead atoms. The summed E-state index contributed by atoms with van der Waals surface area (Å²) in [5.74, 6) is -1.31. The van der Waals surface area contributed by atoms with Crippen LogP contribution < -0.4 is 4.89 Å². The second-order valence-corrected chi connectivity index (χ2v) is 2.32. The van der Waals surface area contributed by atoms with Crippen LogP contribution in [0.25, 0.3) is 0 Å². The monoisotopic (exact) mass is 134 g/mol. The normalized spacial score (nSPS) is 16.6. The first kappa shape index (κ1) is 7.76. The Morgan fingerprint density at radius 2 is 2.38 bits per heavy atom. The van der Waals surface area contributed by atoms with Gasteiger partial charge in [-0.1, -0.05) is 10.6 Å². The van der Waals surface area contributed by atoms with Gasteiger partial charge in [-0.15, -0.1) is 0 Å². The molecule has 0 aromatic heterocycles. The lowest BCUT2D eigenvalue weighted by atomic mass is 10.6. The van der Waals surface area contributed by atoms with Crippen LogP contribution in [0.2, 0.25) is 0 Å². The molecule has 0 aliphatic carbocycles. The van der Waals surface area contributed by atoms with Crippen LogP contribution in [0.5, 0.6) is 0 Å². The van der Waals surface area contributed by atoms with Crippen molar-refractivity contribution >= 4 is 8.03 Å². The van der Waals surface area contributed by atoms with Gasteiger partial charge in [-0.05, 0) is 13.0 Å². The Hall–Kier alpha value is -0.240. The zero-order valence-corrected chi connectivity index (χ0v) is 5.34. The number of hydrogen-bond donors (Lipinski definition) is 1. The van der Waals surface area contributed by atoms with Crippen LogP contribution in [-0.2, 0) is 4.57 Å². The summed E-state index contributed by atoms with van der Waals surface area (Å²) in [5.41, 5.74) is 0. The smallest absolute Gasteiger partial charge is 0.345 e. The molecule has 0 aromatic carbocycles. The van der Waals surface area contributed by atoms with E-state index in [9.17, 15) is 9.46 Å². The van der Waals surface area contributed by atoms with Crippen LogP contribution in [0.4, 0.5) is 0 Å². The van der Waals surface area contributed by atoms with E-state index in [0.29, 0.717) is 0 Å². The summed E-state index contributed by atoms with van der Waals surface area (Å²) in [6, 6.07) is 0. The molecule has 0 amide bonds. The molecule has 0 aromatic rings. The molecule has 4 heteroatoms. The Morgan fingerprint density at radius 1 is 1.88 bits per heavy atom.